The van der Waals surface area contributed by atoms with Gasteiger partial charge in [-0.2, -0.15) is 18.3 Å². The lowest BCUT2D eigenvalue weighted by Crippen LogP contribution is -2.21. The summed E-state index contributed by atoms with van der Waals surface area (Å²) < 4.78 is 38.5. The number of amides is 1. The highest BCUT2D eigenvalue weighted by Crippen LogP contribution is 2.29. The van der Waals surface area contributed by atoms with Gasteiger partial charge in [0.15, 0.2) is 5.69 Å². The Morgan fingerprint density at radius 2 is 2.08 bits per heavy atom. The van der Waals surface area contributed by atoms with E-state index in [1.807, 2.05) is 0 Å². The summed E-state index contributed by atoms with van der Waals surface area (Å²) in [5.74, 6) is -1.21. The van der Waals surface area contributed by atoms with Crippen molar-refractivity contribution >= 4 is 17.3 Å². The van der Waals surface area contributed by atoms with E-state index in [1.54, 1.807) is 0 Å². The Hall–Kier alpha value is -3.11. The number of hydrogen-bond donors (Lipinski definition) is 2. The molecule has 1 aromatic heterocycles. The fourth-order valence-electron chi connectivity index (χ4n) is 1.87. The summed E-state index contributed by atoms with van der Waals surface area (Å²) in [4.78, 5) is 21.8. The Bertz CT molecular complexity index is 801. The molecule has 24 heavy (non-hydrogen) atoms. The van der Waals surface area contributed by atoms with E-state index < -0.39 is 35.0 Å². The molecule has 2 N–H and O–H groups in total. The van der Waals surface area contributed by atoms with Gasteiger partial charge in [-0.15, -0.1) is 0 Å². The zero-order valence-corrected chi connectivity index (χ0v) is 12.2. The molecule has 0 aliphatic heterocycles. The number of halogens is 3. The second-order valence-corrected chi connectivity index (χ2v) is 4.83. The molecule has 1 aromatic carbocycles. The van der Waals surface area contributed by atoms with Gasteiger partial charge in [0, 0.05) is 17.8 Å². The van der Waals surface area contributed by atoms with Gasteiger partial charge in [0.05, 0.1) is 10.6 Å². The maximum atomic E-state index is 12.6. The minimum absolute atomic E-state index is 0.112. The maximum Gasteiger partial charge on any atom is 0.435 e. The van der Waals surface area contributed by atoms with Gasteiger partial charge in [0.1, 0.15) is 12.3 Å². The van der Waals surface area contributed by atoms with Crippen LogP contribution in [0.5, 0.6) is 5.75 Å². The van der Waals surface area contributed by atoms with Crippen molar-refractivity contribution in [3.8, 4) is 5.75 Å². The lowest BCUT2D eigenvalue weighted by Gasteiger charge is -2.08. The second kappa shape index (κ2) is 6.18. The van der Waals surface area contributed by atoms with Crippen LogP contribution in [0.4, 0.5) is 24.5 Å². The molecule has 0 radical (unpaired) electrons. The number of aromatic nitrogens is 2. The second-order valence-electron chi connectivity index (χ2n) is 4.83. The topological polar surface area (TPSA) is 110 Å². The van der Waals surface area contributed by atoms with Gasteiger partial charge >= 0.3 is 6.18 Å². The molecular weight excluding hydrogens is 333 g/mol. The van der Waals surface area contributed by atoms with Crippen LogP contribution in [-0.4, -0.2) is 25.7 Å². The van der Waals surface area contributed by atoms with Gasteiger partial charge in [0.2, 0.25) is 5.91 Å². The molecule has 1 heterocycles. The first-order chi connectivity index (χ1) is 11.1. The molecule has 128 valence electrons. The van der Waals surface area contributed by atoms with Crippen LogP contribution in [0.2, 0.25) is 0 Å². The number of nitrogens with one attached hydrogen (secondary N) is 1. The first-order valence-electron chi connectivity index (χ1n) is 6.47. The van der Waals surface area contributed by atoms with Crippen LogP contribution in [0.25, 0.3) is 0 Å². The smallest absolute Gasteiger partial charge is 0.435 e. The number of phenolic OH excluding ortho intramolecular Hbond substituents is 1. The Morgan fingerprint density at radius 1 is 1.42 bits per heavy atom. The maximum absolute atomic E-state index is 12.6. The minimum atomic E-state index is -4.63. The van der Waals surface area contributed by atoms with Gasteiger partial charge in [-0.05, 0) is 19.1 Å². The normalized spacial score (nSPS) is 11.3. The molecule has 0 unspecified atom stereocenters. The summed E-state index contributed by atoms with van der Waals surface area (Å²) in [5.41, 5.74) is -1.61. The predicted molar refractivity (Wildman–Crippen MR) is 75.4 cm³/mol. The molecule has 0 aliphatic rings. The Balaban J connectivity index is 2.16. The molecule has 2 rings (SSSR count). The molecule has 8 nitrogen and oxygen atoms in total. The Morgan fingerprint density at radius 3 is 2.62 bits per heavy atom. The third kappa shape index (κ3) is 3.80. The average molecular weight is 344 g/mol. The van der Waals surface area contributed by atoms with Crippen LogP contribution in [0.15, 0.2) is 24.3 Å². The zero-order valence-electron chi connectivity index (χ0n) is 12.2. The van der Waals surface area contributed by atoms with Crippen molar-refractivity contribution in [2.45, 2.75) is 19.6 Å². The summed E-state index contributed by atoms with van der Waals surface area (Å²) in [5, 5.41) is 25.7. The van der Waals surface area contributed by atoms with Crippen molar-refractivity contribution in [1.82, 2.24) is 9.78 Å². The van der Waals surface area contributed by atoms with E-state index in [2.05, 4.69) is 10.4 Å². The molecule has 0 saturated heterocycles. The van der Waals surface area contributed by atoms with Gasteiger partial charge in [-0.1, -0.05) is 0 Å². The lowest BCUT2D eigenvalue weighted by atomic mass is 10.2. The van der Waals surface area contributed by atoms with Crippen molar-refractivity contribution in [1.29, 1.82) is 0 Å². The summed E-state index contributed by atoms with van der Waals surface area (Å²) in [7, 11) is 0. The average Bonchev–Trinajstić information content (AvgIpc) is 2.82. The van der Waals surface area contributed by atoms with Crippen molar-refractivity contribution in [3.63, 3.8) is 0 Å². The molecular formula is C13H11F3N4O4. The summed E-state index contributed by atoms with van der Waals surface area (Å²) in [6.45, 7) is 0.796. The molecule has 0 atom stereocenters. The molecule has 2 aromatic rings. The number of carbonyl (C=O) groups is 1. The third-order valence-corrected chi connectivity index (χ3v) is 3.03. The number of rotatable bonds is 4. The first kappa shape index (κ1) is 17.2. The minimum Gasteiger partial charge on any atom is -0.506 e. The van der Waals surface area contributed by atoms with E-state index in [4.69, 9.17) is 0 Å². The lowest BCUT2D eigenvalue weighted by molar-refractivity contribution is -0.384. The van der Waals surface area contributed by atoms with Crippen molar-refractivity contribution in [3.05, 3.63) is 45.8 Å². The number of nitro groups is 1. The van der Waals surface area contributed by atoms with Crippen molar-refractivity contribution in [2.75, 3.05) is 5.32 Å². The van der Waals surface area contributed by atoms with Gasteiger partial charge in [-0.3, -0.25) is 19.6 Å². The summed E-state index contributed by atoms with van der Waals surface area (Å²) in [6, 6.07) is 3.79. The zero-order chi connectivity index (χ0) is 18.1. The molecule has 0 fully saturated rings. The van der Waals surface area contributed by atoms with Crippen LogP contribution in [0.3, 0.4) is 0 Å². The van der Waals surface area contributed by atoms with Crippen LogP contribution in [0, 0.1) is 17.0 Å². The van der Waals surface area contributed by atoms with Crippen LogP contribution in [-0.2, 0) is 17.5 Å². The largest absolute Gasteiger partial charge is 0.506 e. The molecule has 0 bridgehead atoms. The highest BCUT2D eigenvalue weighted by atomic mass is 19.4. The number of carbonyl (C=O) groups excluding carboxylic acids is 1. The fourth-order valence-corrected chi connectivity index (χ4v) is 1.87. The van der Waals surface area contributed by atoms with Crippen molar-refractivity contribution in [2.24, 2.45) is 0 Å². The number of nitro benzene ring substituents is 1. The standard InChI is InChI=1S/C13H11F3N4O4/c1-7-4-11(13(14,15)16)18-19(7)6-12(22)17-9-5-8(20(23)24)2-3-10(9)21/h2-5,21H,6H2,1H3,(H,17,22). The number of nitrogens with zero attached hydrogens (tertiary/aromatic N) is 3. The van der Waals surface area contributed by atoms with E-state index in [0.717, 1.165) is 28.9 Å². The van der Waals surface area contributed by atoms with E-state index in [0.29, 0.717) is 0 Å². The number of phenols is 1. The van der Waals surface area contributed by atoms with Crippen LogP contribution in [0.1, 0.15) is 11.4 Å². The third-order valence-electron chi connectivity index (χ3n) is 3.03. The number of non-ortho nitro benzene ring substituents is 1. The first-order valence-corrected chi connectivity index (χ1v) is 6.47. The van der Waals surface area contributed by atoms with E-state index >= 15 is 0 Å². The number of anilines is 1. The van der Waals surface area contributed by atoms with Gasteiger partial charge < -0.3 is 10.4 Å². The molecule has 0 aliphatic carbocycles. The van der Waals surface area contributed by atoms with Crippen LogP contribution >= 0.6 is 0 Å². The number of benzene rings is 1. The summed E-state index contributed by atoms with van der Waals surface area (Å²) in [6.07, 6.45) is -4.63. The SMILES string of the molecule is Cc1cc(C(F)(F)F)nn1CC(=O)Nc1cc([N+](=O)[O-])ccc1O. The molecule has 11 heteroatoms. The number of hydrogen-bond acceptors (Lipinski definition) is 5. The van der Waals surface area contributed by atoms with E-state index in [9.17, 15) is 33.2 Å². The summed E-state index contributed by atoms with van der Waals surface area (Å²) >= 11 is 0. The van der Waals surface area contributed by atoms with E-state index in [1.165, 1.54) is 6.92 Å². The number of aryl methyl sites for hydroxylation is 1. The predicted octanol–water partition coefficient (Wildman–Crippen LogP) is 2.46. The monoisotopic (exact) mass is 344 g/mol. The Kier molecular flexibility index (Phi) is 4.44. The highest BCUT2D eigenvalue weighted by molar-refractivity contribution is 5.92. The molecule has 1 amide bonds. The molecule has 0 spiro atoms. The van der Waals surface area contributed by atoms with Crippen LogP contribution < -0.4 is 5.32 Å². The van der Waals surface area contributed by atoms with Gasteiger partial charge in [0.25, 0.3) is 5.69 Å². The number of alkyl halides is 3. The van der Waals surface area contributed by atoms with E-state index in [-0.39, 0.29) is 17.1 Å². The molecule has 0 saturated carbocycles. The Labute approximate surface area is 132 Å². The van der Waals surface area contributed by atoms with Crippen molar-refractivity contribution < 1.29 is 28.0 Å². The highest BCUT2D eigenvalue weighted by Gasteiger charge is 2.34. The quantitative estimate of drug-likeness (QED) is 0.503. The fraction of sp³-hybridized carbons (Fsp3) is 0.231. The van der Waals surface area contributed by atoms with Gasteiger partial charge in [-0.25, -0.2) is 0 Å². The number of aromatic hydroxyl groups is 1.